The average molecular weight is 1090 g/mol. The summed E-state index contributed by atoms with van der Waals surface area (Å²) >= 11 is 0. The zero-order valence-electron chi connectivity index (χ0n) is 55.1. The number of ether oxygens (including phenoxy) is 1. The third-order valence-corrected chi connectivity index (χ3v) is 11.9. The number of nitrogens with zero attached hydrogens (tertiary/aromatic N) is 3. The fourth-order valence-electron chi connectivity index (χ4n) is 8.78. The Morgan fingerprint density at radius 1 is 0.652 bits per heavy atom. The van der Waals surface area contributed by atoms with Crippen LogP contribution in [0.3, 0.4) is 0 Å². The molecule has 8 aromatic carbocycles. The molecule has 0 aliphatic heterocycles. The second-order valence-corrected chi connectivity index (χ2v) is 17.0. The van der Waals surface area contributed by atoms with E-state index in [9.17, 15) is 5.48 Å². The summed E-state index contributed by atoms with van der Waals surface area (Å²) in [5.41, 5.74) is 3.64. The van der Waals surface area contributed by atoms with Crippen LogP contribution in [-0.4, -0.2) is 14.5 Å². The summed E-state index contributed by atoms with van der Waals surface area (Å²) in [6, 6.07) is 43.4. The zero-order valence-corrected chi connectivity index (χ0v) is 40.4. The minimum Gasteiger partial charge on any atom is -0.665 e. The van der Waals surface area contributed by atoms with Crippen LogP contribution in [-0.2, 0) is 26.5 Å². The SMILES string of the molecule is [2H]c1nc(-c2[c-]c(-c3cccc4c3nc(-c3cc(C)cc(C)c3O[CH2-])n4-c3cc(-c4ccccc4)c(C([2H])(C)C)cc3-c3ccccc3)cc(-c3ccccc3)c2)c([2H])c(-c2c([2H])c([2H])c(C(C([2H])([2H])[2H])(C([2H])([2H])[2H])C([2H])([2H])[2H])c([2H])c2[2H])c1[2H].[Pt+2]. The molecule has 0 radical (unpaired) electrons. The van der Waals surface area contributed by atoms with Crippen LogP contribution in [0.1, 0.15) is 85.9 Å². The largest absolute Gasteiger partial charge is 2.00 e. The number of aromatic nitrogens is 3. The van der Waals surface area contributed by atoms with Crippen LogP contribution in [0, 0.1) is 27.0 Å². The van der Waals surface area contributed by atoms with Crippen LogP contribution in [0.5, 0.6) is 5.75 Å². The number of hydrogen-bond acceptors (Lipinski definition) is 3. The van der Waals surface area contributed by atoms with Crippen molar-refractivity contribution in [3.8, 4) is 89.7 Å². The molecule has 0 aliphatic rings. The smallest absolute Gasteiger partial charge is 0.665 e. The molecule has 0 N–H and O–H groups in total. The monoisotopic (exact) mass is 1090 g/mol. The second-order valence-electron chi connectivity index (χ2n) is 17.0. The first-order valence-electron chi connectivity index (χ1n) is 30.5. The second kappa shape index (κ2) is 19.5. The average Bonchev–Trinajstić information content (AvgIpc) is 0.773. The number of aryl methyl sites for hydroxylation is 2. The van der Waals surface area contributed by atoms with Crippen molar-refractivity contribution in [3.63, 3.8) is 0 Å². The quantitative estimate of drug-likeness (QED) is 0.128. The molecule has 10 aromatic rings. The van der Waals surface area contributed by atoms with Gasteiger partial charge in [0.1, 0.15) is 5.82 Å². The molecular weight excluding hydrogens is 1020 g/mol. The minimum atomic E-state index is -3.94. The molecule has 0 amide bonds. The first-order valence-corrected chi connectivity index (χ1v) is 22.0. The Hall–Kier alpha value is -7.13. The van der Waals surface area contributed by atoms with Crippen molar-refractivity contribution in [2.75, 3.05) is 0 Å². The fraction of sp³-hybridized carbons (Fsp3) is 0.141. The number of hydrogen-bond donors (Lipinski definition) is 0. The van der Waals surface area contributed by atoms with Gasteiger partial charge in [0.05, 0.1) is 37.6 Å². The van der Waals surface area contributed by atoms with Gasteiger partial charge >= 0.3 is 21.1 Å². The van der Waals surface area contributed by atoms with E-state index in [0.717, 1.165) is 44.6 Å². The van der Waals surface area contributed by atoms with E-state index in [4.69, 9.17) is 27.5 Å². The topological polar surface area (TPSA) is 39.9 Å². The number of para-hydroxylation sites is 1. The summed E-state index contributed by atoms with van der Waals surface area (Å²) in [6.45, 7) is -4.19. The minimum absolute atomic E-state index is 0. The molecule has 2 aromatic heterocycles. The summed E-state index contributed by atoms with van der Waals surface area (Å²) in [5, 5.41) is 0. The third-order valence-electron chi connectivity index (χ3n) is 11.9. The maximum atomic E-state index is 9.78. The standard InChI is InChI=1S/C64H55N3O.Pt/c1-41(2)54-39-56(47-23-16-11-17-24-47)60(40-55(54)46-21-14-10-15-22-46)67-59-26-18-25-53(61(59)66-63(67)57-34-42(3)33-43(4)62(57)68-8)50-35-49(44-19-12-9-13-20-44)36-51(37-50)58-38-48(31-32-65-58)45-27-29-52(30-28-45)64(5,6)7;/h9-36,38-41H,8H2,1-7H3;/q-2;+2/i5D3,6D3,7D3,27D,28D,29D,30D,31D,32D,38D,41D;. The Bertz CT molecular complexity index is 4210. The van der Waals surface area contributed by atoms with Crippen molar-refractivity contribution < 1.29 is 49.1 Å². The van der Waals surface area contributed by atoms with Gasteiger partial charge in [0.25, 0.3) is 0 Å². The zero-order chi connectivity index (χ0) is 61.6. The Balaban J connectivity index is 0.00000884. The van der Waals surface area contributed by atoms with E-state index in [1.807, 2.05) is 155 Å². The third kappa shape index (κ3) is 9.27. The Morgan fingerprint density at radius 2 is 1.30 bits per heavy atom. The summed E-state index contributed by atoms with van der Waals surface area (Å²) in [5.74, 6) is -0.0976. The summed E-state index contributed by atoms with van der Waals surface area (Å²) < 4.78 is 157. The van der Waals surface area contributed by atoms with Crippen molar-refractivity contribution >= 4 is 11.0 Å². The summed E-state index contributed by atoms with van der Waals surface area (Å²) in [7, 11) is 3.88. The molecule has 69 heavy (non-hydrogen) atoms. The number of fused-ring (bicyclic) bond motifs is 1. The van der Waals surface area contributed by atoms with E-state index in [2.05, 4.69) is 34.9 Å². The van der Waals surface area contributed by atoms with Crippen LogP contribution < -0.4 is 4.74 Å². The van der Waals surface area contributed by atoms with Crippen LogP contribution >= 0.6 is 0 Å². The molecule has 0 saturated carbocycles. The van der Waals surface area contributed by atoms with Crippen molar-refractivity contribution in [2.45, 2.75) is 59.6 Å². The molecule has 0 unspecified atom stereocenters. The molecule has 0 bridgehead atoms. The maximum Gasteiger partial charge on any atom is 2.00 e. The Morgan fingerprint density at radius 3 is 1.96 bits per heavy atom. The van der Waals surface area contributed by atoms with Crippen LogP contribution in [0.4, 0.5) is 0 Å². The van der Waals surface area contributed by atoms with Gasteiger partial charge < -0.3 is 4.74 Å². The number of benzene rings is 8. The fourth-order valence-corrected chi connectivity index (χ4v) is 8.78. The molecule has 0 saturated heterocycles. The molecular formula is C64H55N3OPt. The van der Waals surface area contributed by atoms with E-state index >= 15 is 0 Å². The van der Waals surface area contributed by atoms with Crippen molar-refractivity contribution in [1.82, 2.24) is 14.5 Å². The number of imidazole rings is 1. The summed E-state index contributed by atoms with van der Waals surface area (Å²) in [4.78, 5) is 9.97. The van der Waals surface area contributed by atoms with Gasteiger partial charge in [-0.3, -0.25) is 9.55 Å². The van der Waals surface area contributed by atoms with Gasteiger partial charge in [-0.1, -0.05) is 191 Å². The summed E-state index contributed by atoms with van der Waals surface area (Å²) in [6.07, 6.45) is -0.768. The maximum absolute atomic E-state index is 9.78. The molecule has 2 heterocycles. The van der Waals surface area contributed by atoms with Crippen LogP contribution in [0.2, 0.25) is 0 Å². The molecule has 0 fully saturated rings. The molecule has 0 spiro atoms. The van der Waals surface area contributed by atoms with Crippen molar-refractivity contribution in [1.29, 1.82) is 0 Å². The number of rotatable bonds is 10. The molecule has 0 atom stereocenters. The van der Waals surface area contributed by atoms with Gasteiger partial charge in [0.15, 0.2) is 0 Å². The Labute approximate surface area is 445 Å². The van der Waals surface area contributed by atoms with E-state index in [1.165, 1.54) is 0 Å². The molecule has 10 rings (SSSR count). The predicted octanol–water partition coefficient (Wildman–Crippen LogP) is 17.1. The number of pyridine rings is 1. The molecule has 4 nitrogen and oxygen atoms in total. The first kappa shape index (κ1) is 30.4. The van der Waals surface area contributed by atoms with Gasteiger partial charge in [-0.2, -0.15) is 7.11 Å². The van der Waals surface area contributed by atoms with E-state index in [-0.39, 0.29) is 32.3 Å². The Kier molecular flexibility index (Phi) is 8.57. The van der Waals surface area contributed by atoms with Crippen LogP contribution in [0.15, 0.2) is 188 Å². The van der Waals surface area contributed by atoms with Gasteiger partial charge in [-0.05, 0) is 111 Å². The van der Waals surface area contributed by atoms with Gasteiger partial charge in [0.2, 0.25) is 0 Å². The van der Waals surface area contributed by atoms with Crippen molar-refractivity contribution in [3.05, 3.63) is 223 Å². The van der Waals surface area contributed by atoms with Crippen molar-refractivity contribution in [2.24, 2.45) is 0 Å². The predicted molar refractivity (Wildman–Crippen MR) is 284 cm³/mol. The molecule has 5 heteroatoms. The van der Waals surface area contributed by atoms with E-state index < -0.39 is 91.0 Å². The normalized spacial score (nSPS) is 15.8. The van der Waals surface area contributed by atoms with Gasteiger partial charge in [0, 0.05) is 31.1 Å². The van der Waals surface area contributed by atoms with Crippen LogP contribution in [0.25, 0.3) is 95.0 Å². The first-order chi connectivity index (χ1) is 39.9. The van der Waals surface area contributed by atoms with Gasteiger partial charge in [-0.25, -0.2) is 4.98 Å². The van der Waals surface area contributed by atoms with E-state index in [0.29, 0.717) is 50.4 Å². The molecule has 342 valence electrons. The van der Waals surface area contributed by atoms with Gasteiger partial charge in [-0.15, -0.1) is 23.8 Å². The molecule has 0 aliphatic carbocycles. The van der Waals surface area contributed by atoms with E-state index in [1.54, 1.807) is 6.07 Å².